The number of nitrogens with one attached hydrogen (secondary N) is 1. The second-order valence-electron chi connectivity index (χ2n) is 10.5. The van der Waals surface area contributed by atoms with Crippen LogP contribution in [0.25, 0.3) is 38.3 Å². The van der Waals surface area contributed by atoms with E-state index in [-0.39, 0.29) is 10.8 Å². The van der Waals surface area contributed by atoms with Crippen LogP contribution in [0.2, 0.25) is 0 Å². The molecule has 3 heterocycles. The van der Waals surface area contributed by atoms with Gasteiger partial charge in [0.15, 0.2) is 10.8 Å². The summed E-state index contributed by atoms with van der Waals surface area (Å²) in [4.78, 5) is 0.759. The SMILES string of the molecule is CC(C)(C)c1cc(-c2nnc3sc(-c4cc(-c5ccccc5)n[nH]4)nn23)cc(C(C)(C)C)c1. The normalized spacial score (nSPS) is 12.5. The maximum Gasteiger partial charge on any atom is 0.235 e. The highest BCUT2D eigenvalue weighted by molar-refractivity contribution is 7.19. The van der Waals surface area contributed by atoms with Crippen LogP contribution in [-0.4, -0.2) is 30.0 Å². The average Bonchev–Trinajstić information content (AvgIpc) is 3.48. The second kappa shape index (κ2) is 7.63. The highest BCUT2D eigenvalue weighted by Gasteiger charge is 2.23. The molecule has 0 amide bonds. The number of fused-ring (bicyclic) bond motifs is 1. The smallest absolute Gasteiger partial charge is 0.235 e. The maximum absolute atomic E-state index is 4.85. The zero-order chi connectivity index (χ0) is 23.4. The number of hydrogen-bond acceptors (Lipinski definition) is 5. The zero-order valence-corrected chi connectivity index (χ0v) is 20.7. The van der Waals surface area contributed by atoms with Gasteiger partial charge in [-0.25, -0.2) is 0 Å². The van der Waals surface area contributed by atoms with Gasteiger partial charge in [0, 0.05) is 11.1 Å². The average molecular weight is 457 g/mol. The van der Waals surface area contributed by atoms with Crippen LogP contribution in [-0.2, 0) is 10.8 Å². The molecule has 3 aromatic heterocycles. The lowest BCUT2D eigenvalue weighted by atomic mass is 9.79. The van der Waals surface area contributed by atoms with Crippen LogP contribution in [0.3, 0.4) is 0 Å². The number of nitrogens with zero attached hydrogens (tertiary/aromatic N) is 5. The summed E-state index contributed by atoms with van der Waals surface area (Å²) in [5, 5.41) is 22.2. The molecule has 1 N–H and O–H groups in total. The Hall–Kier alpha value is -3.32. The van der Waals surface area contributed by atoms with Gasteiger partial charge in [-0.15, -0.1) is 10.2 Å². The molecule has 0 atom stereocenters. The second-order valence-corrected chi connectivity index (χ2v) is 11.4. The van der Waals surface area contributed by atoms with Gasteiger partial charge in [0.25, 0.3) is 0 Å². The van der Waals surface area contributed by atoms with E-state index in [9.17, 15) is 0 Å². The van der Waals surface area contributed by atoms with Crippen LogP contribution >= 0.6 is 11.3 Å². The van der Waals surface area contributed by atoms with Crippen molar-refractivity contribution in [2.45, 2.75) is 52.4 Å². The molecule has 168 valence electrons. The van der Waals surface area contributed by atoms with Crippen molar-refractivity contribution < 1.29 is 0 Å². The van der Waals surface area contributed by atoms with Gasteiger partial charge in [0.1, 0.15) is 0 Å². The molecule has 5 aromatic rings. The number of hydrogen-bond donors (Lipinski definition) is 1. The van der Waals surface area contributed by atoms with Crippen molar-refractivity contribution in [3.63, 3.8) is 0 Å². The zero-order valence-electron chi connectivity index (χ0n) is 19.8. The van der Waals surface area contributed by atoms with Crippen molar-refractivity contribution >= 4 is 16.3 Å². The maximum atomic E-state index is 4.85. The molecule has 7 heteroatoms. The van der Waals surface area contributed by atoms with Gasteiger partial charge in [-0.05, 0) is 40.2 Å². The Labute approximate surface area is 197 Å². The molecule has 33 heavy (non-hydrogen) atoms. The fourth-order valence-electron chi connectivity index (χ4n) is 3.72. The predicted octanol–water partition coefficient (Wildman–Crippen LogP) is 6.50. The minimum Gasteiger partial charge on any atom is -0.275 e. The third kappa shape index (κ3) is 4.09. The van der Waals surface area contributed by atoms with Crippen LogP contribution < -0.4 is 0 Å². The molecule has 0 aliphatic rings. The van der Waals surface area contributed by atoms with Crippen molar-refractivity contribution in [3.8, 4) is 33.3 Å². The molecule has 0 radical (unpaired) electrons. The summed E-state index contributed by atoms with van der Waals surface area (Å²) in [5.41, 5.74) is 6.46. The van der Waals surface area contributed by atoms with Gasteiger partial charge in [0.2, 0.25) is 4.96 Å². The number of benzene rings is 2. The van der Waals surface area contributed by atoms with Crippen LogP contribution in [0, 0.1) is 0 Å². The Morgan fingerprint density at radius 1 is 0.788 bits per heavy atom. The van der Waals surface area contributed by atoms with E-state index in [4.69, 9.17) is 5.10 Å². The molecule has 0 saturated heterocycles. The predicted molar refractivity (Wildman–Crippen MR) is 135 cm³/mol. The van der Waals surface area contributed by atoms with Crippen molar-refractivity contribution in [3.05, 3.63) is 65.7 Å². The monoisotopic (exact) mass is 456 g/mol. The molecule has 0 saturated carbocycles. The minimum atomic E-state index is 0.0246. The van der Waals surface area contributed by atoms with Gasteiger partial charge in [-0.2, -0.15) is 14.7 Å². The quantitative estimate of drug-likeness (QED) is 0.336. The largest absolute Gasteiger partial charge is 0.275 e. The Kier molecular flexibility index (Phi) is 4.97. The van der Waals surface area contributed by atoms with E-state index in [2.05, 4.69) is 80.1 Å². The van der Waals surface area contributed by atoms with Gasteiger partial charge in [0.05, 0.1) is 11.4 Å². The number of H-pyrrole nitrogens is 1. The molecule has 6 nitrogen and oxygen atoms in total. The highest BCUT2D eigenvalue weighted by Crippen LogP contribution is 2.35. The molecule has 0 bridgehead atoms. The summed E-state index contributed by atoms with van der Waals surface area (Å²) in [5.74, 6) is 0.756. The Morgan fingerprint density at radius 3 is 2.09 bits per heavy atom. The van der Waals surface area contributed by atoms with Gasteiger partial charge >= 0.3 is 0 Å². The Balaban J connectivity index is 1.59. The van der Waals surface area contributed by atoms with Crippen molar-refractivity contribution in [1.29, 1.82) is 0 Å². The first kappa shape index (κ1) is 21.5. The topological polar surface area (TPSA) is 71.8 Å². The van der Waals surface area contributed by atoms with E-state index in [1.165, 1.54) is 22.5 Å². The molecule has 5 rings (SSSR count). The Bertz CT molecular complexity index is 1400. The molecule has 0 aliphatic heterocycles. The minimum absolute atomic E-state index is 0.0246. The molecule has 0 spiro atoms. The van der Waals surface area contributed by atoms with E-state index in [1.807, 2.05) is 40.9 Å². The van der Waals surface area contributed by atoms with E-state index >= 15 is 0 Å². The van der Waals surface area contributed by atoms with Crippen LogP contribution in [0.5, 0.6) is 0 Å². The standard InChI is InChI=1S/C26H28N6S/c1-25(2,3)18-12-17(13-19(14-18)26(4,5)6)22-29-30-24-32(22)31-23(33-24)21-15-20(27-28-21)16-10-8-7-9-11-16/h7-15H,1-6H3,(H,27,28). The third-order valence-electron chi connectivity index (χ3n) is 5.79. The number of aromatic nitrogens is 6. The third-order valence-corrected chi connectivity index (χ3v) is 6.72. The number of aromatic amines is 1. The van der Waals surface area contributed by atoms with Gasteiger partial charge in [-0.1, -0.05) is 89.3 Å². The van der Waals surface area contributed by atoms with Crippen molar-refractivity contribution in [2.75, 3.05) is 0 Å². The molecule has 0 unspecified atom stereocenters. The summed E-state index contributed by atoms with van der Waals surface area (Å²) in [7, 11) is 0. The summed E-state index contributed by atoms with van der Waals surface area (Å²) in [6.45, 7) is 13.4. The van der Waals surface area contributed by atoms with Gasteiger partial charge in [-0.3, -0.25) is 5.10 Å². The Morgan fingerprint density at radius 2 is 1.45 bits per heavy atom. The first-order valence-corrected chi connectivity index (χ1v) is 11.9. The van der Waals surface area contributed by atoms with E-state index < -0.39 is 0 Å². The lowest BCUT2D eigenvalue weighted by molar-refractivity contribution is 0.569. The lowest BCUT2D eigenvalue weighted by Crippen LogP contribution is -2.16. The fourth-order valence-corrected chi connectivity index (χ4v) is 4.52. The van der Waals surface area contributed by atoms with E-state index in [1.54, 1.807) is 0 Å². The van der Waals surface area contributed by atoms with Crippen LogP contribution in [0.1, 0.15) is 52.7 Å². The lowest BCUT2D eigenvalue weighted by Gasteiger charge is -2.25. The summed E-state index contributed by atoms with van der Waals surface area (Å²) < 4.78 is 1.84. The fraction of sp³-hybridized carbons (Fsp3) is 0.308. The summed E-state index contributed by atoms with van der Waals surface area (Å²) in [6.07, 6.45) is 0. The molecular formula is C26H28N6S. The first-order valence-electron chi connectivity index (χ1n) is 11.1. The van der Waals surface area contributed by atoms with Gasteiger partial charge < -0.3 is 0 Å². The van der Waals surface area contributed by atoms with E-state index in [0.29, 0.717) is 0 Å². The molecular weight excluding hydrogens is 428 g/mol. The van der Waals surface area contributed by atoms with Crippen molar-refractivity contribution in [1.82, 2.24) is 30.0 Å². The highest BCUT2D eigenvalue weighted by atomic mass is 32.1. The van der Waals surface area contributed by atoms with Crippen LogP contribution in [0.15, 0.2) is 54.6 Å². The number of rotatable bonds is 3. The first-order chi connectivity index (χ1) is 15.6. The molecule has 0 aliphatic carbocycles. The molecule has 0 fully saturated rings. The van der Waals surface area contributed by atoms with E-state index in [0.717, 1.165) is 38.3 Å². The molecule has 2 aromatic carbocycles. The summed E-state index contributed by atoms with van der Waals surface area (Å²) in [6, 6.07) is 18.9. The van der Waals surface area contributed by atoms with Crippen molar-refractivity contribution in [2.24, 2.45) is 0 Å². The summed E-state index contributed by atoms with van der Waals surface area (Å²) >= 11 is 1.50. The van der Waals surface area contributed by atoms with Crippen LogP contribution in [0.4, 0.5) is 0 Å².